The van der Waals surface area contributed by atoms with Gasteiger partial charge in [-0.25, -0.2) is 4.99 Å². The number of carbonyl (C=O) groups is 1. The molecule has 1 saturated heterocycles. The maximum atomic E-state index is 12.6. The van der Waals surface area contributed by atoms with Crippen LogP contribution in [0.5, 0.6) is 0 Å². The van der Waals surface area contributed by atoms with E-state index in [1.807, 2.05) is 29.2 Å². The van der Waals surface area contributed by atoms with Crippen LogP contribution in [-0.4, -0.2) is 81.7 Å². The quantitative estimate of drug-likeness (QED) is 0.329. The van der Waals surface area contributed by atoms with Gasteiger partial charge in [-0.3, -0.25) is 4.79 Å². The van der Waals surface area contributed by atoms with E-state index in [-0.39, 0.29) is 5.91 Å². The van der Waals surface area contributed by atoms with Crippen LogP contribution in [0.2, 0.25) is 0 Å². The molecule has 0 atom stereocenters. The summed E-state index contributed by atoms with van der Waals surface area (Å²) in [6.07, 6.45) is 4.49. The molecule has 7 heteroatoms. The second kappa shape index (κ2) is 14.0. The summed E-state index contributed by atoms with van der Waals surface area (Å²) in [6, 6.07) is 7.87. The average molecular weight is 418 g/mol. The summed E-state index contributed by atoms with van der Waals surface area (Å²) < 4.78 is 5.10. The molecule has 0 unspecified atom stereocenters. The van der Waals surface area contributed by atoms with Crippen molar-refractivity contribution in [3.05, 3.63) is 35.4 Å². The van der Waals surface area contributed by atoms with Gasteiger partial charge >= 0.3 is 0 Å². The van der Waals surface area contributed by atoms with Crippen molar-refractivity contribution in [2.24, 2.45) is 4.99 Å². The van der Waals surface area contributed by atoms with Crippen molar-refractivity contribution in [3.8, 4) is 0 Å². The Labute approximate surface area is 181 Å². The average Bonchev–Trinajstić information content (AvgIpc) is 2.78. The van der Waals surface area contributed by atoms with E-state index in [2.05, 4.69) is 34.5 Å². The van der Waals surface area contributed by atoms with Crippen molar-refractivity contribution in [1.82, 2.24) is 20.4 Å². The number of rotatable bonds is 11. The number of likely N-dealkylation sites (N-methyl/N-ethyl adjacent to an activating group) is 1. The third kappa shape index (κ3) is 8.71. The van der Waals surface area contributed by atoms with Crippen molar-refractivity contribution >= 4 is 11.9 Å². The Morgan fingerprint density at radius 2 is 1.87 bits per heavy atom. The number of nitrogens with zero attached hydrogens (tertiary/aromatic N) is 3. The van der Waals surface area contributed by atoms with Gasteiger partial charge in [0.05, 0.1) is 6.54 Å². The number of guanidine groups is 1. The first-order valence-corrected chi connectivity index (χ1v) is 11.2. The molecule has 0 radical (unpaired) electrons. The Kier molecular flexibility index (Phi) is 11.3. The van der Waals surface area contributed by atoms with E-state index < -0.39 is 0 Å². The van der Waals surface area contributed by atoms with E-state index in [0.29, 0.717) is 6.54 Å². The Bertz CT molecular complexity index is 641. The van der Waals surface area contributed by atoms with Crippen LogP contribution in [0.4, 0.5) is 0 Å². The molecule has 168 valence electrons. The number of ether oxygens (including phenoxy) is 1. The van der Waals surface area contributed by atoms with Crippen LogP contribution in [-0.2, 0) is 11.3 Å². The highest BCUT2D eigenvalue weighted by Gasteiger charge is 2.17. The van der Waals surface area contributed by atoms with E-state index in [0.717, 1.165) is 82.2 Å². The van der Waals surface area contributed by atoms with Crippen LogP contribution < -0.4 is 10.6 Å². The molecule has 1 aliphatic heterocycles. The predicted octanol–water partition coefficient (Wildman–Crippen LogP) is 2.34. The number of benzene rings is 1. The van der Waals surface area contributed by atoms with Gasteiger partial charge in [-0.05, 0) is 57.4 Å². The van der Waals surface area contributed by atoms with E-state index in [9.17, 15) is 4.79 Å². The zero-order valence-corrected chi connectivity index (χ0v) is 19.0. The van der Waals surface area contributed by atoms with Gasteiger partial charge in [0, 0.05) is 58.5 Å². The number of aliphatic imine (C=N–C) groups is 1. The Balaban J connectivity index is 1.81. The molecule has 0 aliphatic carbocycles. The number of piperidine rings is 1. The number of methoxy groups -OCH3 is 1. The summed E-state index contributed by atoms with van der Waals surface area (Å²) in [7, 11) is 3.86. The highest BCUT2D eigenvalue weighted by molar-refractivity contribution is 5.94. The zero-order valence-electron chi connectivity index (χ0n) is 19.0. The molecule has 0 bridgehead atoms. The molecule has 1 aromatic rings. The van der Waals surface area contributed by atoms with Crippen LogP contribution in [0, 0.1) is 0 Å². The molecule has 1 fully saturated rings. The third-order valence-corrected chi connectivity index (χ3v) is 5.28. The first-order chi connectivity index (χ1) is 14.6. The lowest BCUT2D eigenvalue weighted by molar-refractivity contribution is 0.0724. The minimum atomic E-state index is 0.148. The van der Waals surface area contributed by atoms with Crippen LogP contribution in [0.15, 0.2) is 29.3 Å². The summed E-state index contributed by atoms with van der Waals surface area (Å²) in [6.45, 7) is 8.81. The SMILES string of the molecule is CCNC(=NCc1ccc(C(=O)N2CCCCC2)cc1)NCCN(C)CCCOC. The molecular weight excluding hydrogens is 378 g/mol. The van der Waals surface area contributed by atoms with Crippen molar-refractivity contribution in [2.45, 2.75) is 39.2 Å². The first kappa shape index (κ1) is 24.2. The molecule has 30 heavy (non-hydrogen) atoms. The number of carbonyl (C=O) groups excluding carboxylic acids is 1. The van der Waals surface area contributed by atoms with Crippen LogP contribution >= 0.6 is 0 Å². The molecule has 2 rings (SSSR count). The highest BCUT2D eigenvalue weighted by atomic mass is 16.5. The van der Waals surface area contributed by atoms with Gasteiger partial charge in [0.15, 0.2) is 5.96 Å². The molecular formula is C23H39N5O2. The number of likely N-dealkylation sites (tertiary alicyclic amines) is 1. The standard InChI is InChI=1S/C23H39N5O2/c1-4-24-23(25-13-17-27(2)14-8-18-30-3)26-19-20-9-11-21(12-10-20)22(29)28-15-6-5-7-16-28/h9-12H,4-8,13-19H2,1-3H3,(H2,24,25,26). The van der Waals surface area contributed by atoms with Crippen molar-refractivity contribution in [1.29, 1.82) is 0 Å². The molecule has 7 nitrogen and oxygen atoms in total. The van der Waals surface area contributed by atoms with E-state index in [1.165, 1.54) is 6.42 Å². The predicted molar refractivity (Wildman–Crippen MR) is 123 cm³/mol. The number of amides is 1. The lowest BCUT2D eigenvalue weighted by atomic mass is 10.1. The normalized spacial score (nSPS) is 14.8. The number of hydrogen-bond acceptors (Lipinski definition) is 4. The Morgan fingerprint density at radius 1 is 1.13 bits per heavy atom. The van der Waals surface area contributed by atoms with Gasteiger partial charge in [0.25, 0.3) is 5.91 Å². The summed E-state index contributed by atoms with van der Waals surface area (Å²) in [5, 5.41) is 6.68. The second-order valence-electron chi connectivity index (χ2n) is 7.82. The first-order valence-electron chi connectivity index (χ1n) is 11.2. The minimum Gasteiger partial charge on any atom is -0.385 e. The molecule has 1 aliphatic rings. The fraction of sp³-hybridized carbons (Fsp3) is 0.652. The van der Waals surface area contributed by atoms with Gasteiger partial charge < -0.3 is 25.2 Å². The topological polar surface area (TPSA) is 69.2 Å². The fourth-order valence-corrected chi connectivity index (χ4v) is 3.50. The summed E-state index contributed by atoms with van der Waals surface area (Å²) in [4.78, 5) is 21.5. The lowest BCUT2D eigenvalue weighted by Crippen LogP contribution is -2.41. The van der Waals surface area contributed by atoms with Crippen LogP contribution in [0.25, 0.3) is 0 Å². The van der Waals surface area contributed by atoms with Crippen LogP contribution in [0.3, 0.4) is 0 Å². The number of nitrogens with one attached hydrogen (secondary N) is 2. The smallest absolute Gasteiger partial charge is 0.253 e. The molecule has 1 heterocycles. The van der Waals surface area contributed by atoms with Crippen molar-refractivity contribution in [2.75, 3.05) is 60.0 Å². The highest BCUT2D eigenvalue weighted by Crippen LogP contribution is 2.14. The monoisotopic (exact) mass is 417 g/mol. The van der Waals surface area contributed by atoms with Crippen LogP contribution in [0.1, 0.15) is 48.5 Å². The molecule has 1 amide bonds. The maximum Gasteiger partial charge on any atom is 0.253 e. The molecule has 1 aromatic carbocycles. The third-order valence-electron chi connectivity index (χ3n) is 5.28. The van der Waals surface area contributed by atoms with Crippen molar-refractivity contribution < 1.29 is 9.53 Å². The summed E-state index contributed by atoms with van der Waals surface area (Å²) in [5.74, 6) is 0.964. The molecule has 0 spiro atoms. The van der Waals surface area contributed by atoms with E-state index in [1.54, 1.807) is 7.11 Å². The lowest BCUT2D eigenvalue weighted by Gasteiger charge is -2.26. The Morgan fingerprint density at radius 3 is 2.53 bits per heavy atom. The van der Waals surface area contributed by atoms with Gasteiger partial charge in [0.2, 0.25) is 0 Å². The van der Waals surface area contributed by atoms with Gasteiger partial charge in [0.1, 0.15) is 0 Å². The maximum absolute atomic E-state index is 12.6. The molecule has 0 aromatic heterocycles. The number of hydrogen-bond donors (Lipinski definition) is 2. The fourth-order valence-electron chi connectivity index (χ4n) is 3.50. The van der Waals surface area contributed by atoms with Gasteiger partial charge in [-0.1, -0.05) is 12.1 Å². The molecule has 0 saturated carbocycles. The van der Waals surface area contributed by atoms with Crippen molar-refractivity contribution in [3.63, 3.8) is 0 Å². The minimum absolute atomic E-state index is 0.148. The summed E-state index contributed by atoms with van der Waals surface area (Å²) >= 11 is 0. The summed E-state index contributed by atoms with van der Waals surface area (Å²) in [5.41, 5.74) is 1.87. The van der Waals surface area contributed by atoms with E-state index in [4.69, 9.17) is 4.74 Å². The largest absolute Gasteiger partial charge is 0.385 e. The molecule has 2 N–H and O–H groups in total. The zero-order chi connectivity index (χ0) is 21.6. The Hall–Kier alpha value is -2.12. The van der Waals surface area contributed by atoms with Gasteiger partial charge in [-0.2, -0.15) is 0 Å². The second-order valence-corrected chi connectivity index (χ2v) is 7.82. The van der Waals surface area contributed by atoms with Gasteiger partial charge in [-0.15, -0.1) is 0 Å². The van der Waals surface area contributed by atoms with E-state index >= 15 is 0 Å².